The molecule has 0 aliphatic rings. The molecule has 20 heavy (non-hydrogen) atoms. The van der Waals surface area contributed by atoms with Gasteiger partial charge in [0.05, 0.1) is 5.56 Å². The largest absolute Gasteiger partial charge is 0.416 e. The lowest BCUT2D eigenvalue weighted by molar-refractivity contribution is -0.137. The molecular weight excluding hydrogens is 263 g/mol. The van der Waals surface area contributed by atoms with E-state index in [0.29, 0.717) is 6.04 Å². The SMILES string of the molecule is CCCNC(CCC)CCc1ccc(C(F)(F)F)cc1. The van der Waals surface area contributed by atoms with E-state index < -0.39 is 11.7 Å². The number of nitrogens with one attached hydrogen (secondary N) is 1. The van der Waals surface area contributed by atoms with Crippen LogP contribution < -0.4 is 5.32 Å². The normalized spacial score (nSPS) is 13.4. The highest BCUT2D eigenvalue weighted by atomic mass is 19.4. The van der Waals surface area contributed by atoms with Crippen molar-refractivity contribution in [3.63, 3.8) is 0 Å². The minimum Gasteiger partial charge on any atom is -0.314 e. The molecule has 0 amide bonds. The average molecular weight is 287 g/mol. The van der Waals surface area contributed by atoms with E-state index in [1.165, 1.54) is 12.1 Å². The van der Waals surface area contributed by atoms with Gasteiger partial charge in [0.15, 0.2) is 0 Å². The van der Waals surface area contributed by atoms with Gasteiger partial charge in [0.25, 0.3) is 0 Å². The molecule has 0 spiro atoms. The molecular formula is C16H24F3N. The van der Waals surface area contributed by atoms with Crippen LogP contribution in [0.15, 0.2) is 24.3 Å². The molecule has 1 aromatic carbocycles. The first-order valence-electron chi connectivity index (χ1n) is 7.36. The topological polar surface area (TPSA) is 12.0 Å². The predicted octanol–water partition coefficient (Wildman–Crippen LogP) is 4.81. The van der Waals surface area contributed by atoms with Crippen molar-refractivity contribution in [1.82, 2.24) is 5.32 Å². The van der Waals surface area contributed by atoms with Crippen LogP contribution in [-0.2, 0) is 12.6 Å². The number of hydrogen-bond acceptors (Lipinski definition) is 1. The maximum absolute atomic E-state index is 12.5. The van der Waals surface area contributed by atoms with E-state index in [1.807, 2.05) is 0 Å². The molecule has 0 radical (unpaired) electrons. The number of hydrogen-bond donors (Lipinski definition) is 1. The van der Waals surface area contributed by atoms with E-state index in [4.69, 9.17) is 0 Å². The highest BCUT2D eigenvalue weighted by Gasteiger charge is 2.29. The lowest BCUT2D eigenvalue weighted by atomic mass is 10.0. The fourth-order valence-electron chi connectivity index (χ4n) is 2.25. The lowest BCUT2D eigenvalue weighted by Crippen LogP contribution is -2.30. The molecule has 1 unspecified atom stereocenters. The zero-order valence-electron chi connectivity index (χ0n) is 12.3. The summed E-state index contributed by atoms with van der Waals surface area (Å²) >= 11 is 0. The van der Waals surface area contributed by atoms with Gasteiger partial charge in [-0.05, 0) is 49.9 Å². The van der Waals surface area contributed by atoms with E-state index in [1.54, 1.807) is 12.1 Å². The Morgan fingerprint density at radius 2 is 1.65 bits per heavy atom. The van der Waals surface area contributed by atoms with Gasteiger partial charge in [0.2, 0.25) is 0 Å². The number of rotatable bonds is 8. The zero-order valence-corrected chi connectivity index (χ0v) is 12.3. The molecule has 1 N–H and O–H groups in total. The standard InChI is InChI=1S/C16H24F3N/c1-3-5-15(20-12-4-2)11-8-13-6-9-14(10-7-13)16(17,18)19/h6-7,9-10,15,20H,3-5,8,11-12H2,1-2H3. The lowest BCUT2D eigenvalue weighted by Gasteiger charge is -2.17. The van der Waals surface area contributed by atoms with Crippen molar-refractivity contribution in [1.29, 1.82) is 0 Å². The van der Waals surface area contributed by atoms with Crippen LogP contribution in [0, 0.1) is 0 Å². The van der Waals surface area contributed by atoms with Gasteiger partial charge in [-0.2, -0.15) is 13.2 Å². The predicted molar refractivity (Wildman–Crippen MR) is 76.8 cm³/mol. The Kier molecular flexibility index (Phi) is 7.06. The molecule has 0 heterocycles. The van der Waals surface area contributed by atoms with Crippen molar-refractivity contribution in [2.45, 2.75) is 58.2 Å². The summed E-state index contributed by atoms with van der Waals surface area (Å²) in [6, 6.07) is 5.98. The minimum absolute atomic E-state index is 0.460. The highest BCUT2D eigenvalue weighted by molar-refractivity contribution is 5.24. The smallest absolute Gasteiger partial charge is 0.314 e. The highest BCUT2D eigenvalue weighted by Crippen LogP contribution is 2.29. The molecule has 114 valence electrons. The molecule has 1 rings (SSSR count). The maximum atomic E-state index is 12.5. The van der Waals surface area contributed by atoms with Gasteiger partial charge in [-0.1, -0.05) is 32.4 Å². The Bertz CT molecular complexity index is 370. The van der Waals surface area contributed by atoms with E-state index in [2.05, 4.69) is 19.2 Å². The third-order valence-electron chi connectivity index (χ3n) is 3.38. The summed E-state index contributed by atoms with van der Waals surface area (Å²) in [6.45, 7) is 5.28. The summed E-state index contributed by atoms with van der Waals surface area (Å²) in [5.74, 6) is 0. The van der Waals surface area contributed by atoms with E-state index >= 15 is 0 Å². The quantitative estimate of drug-likeness (QED) is 0.723. The van der Waals surface area contributed by atoms with Crippen LogP contribution in [-0.4, -0.2) is 12.6 Å². The van der Waals surface area contributed by atoms with Crippen LogP contribution in [0.1, 0.15) is 50.7 Å². The van der Waals surface area contributed by atoms with Gasteiger partial charge in [-0.3, -0.25) is 0 Å². The summed E-state index contributed by atoms with van der Waals surface area (Å²) in [5, 5.41) is 3.50. The summed E-state index contributed by atoms with van der Waals surface area (Å²) in [4.78, 5) is 0. The molecule has 0 saturated carbocycles. The maximum Gasteiger partial charge on any atom is 0.416 e. The zero-order chi connectivity index (χ0) is 15.0. The number of aryl methyl sites for hydroxylation is 1. The van der Waals surface area contributed by atoms with Gasteiger partial charge < -0.3 is 5.32 Å². The first-order chi connectivity index (χ1) is 9.47. The van der Waals surface area contributed by atoms with Gasteiger partial charge in [-0.25, -0.2) is 0 Å². The van der Waals surface area contributed by atoms with E-state index in [9.17, 15) is 13.2 Å². The summed E-state index contributed by atoms with van der Waals surface area (Å²) in [5.41, 5.74) is 0.396. The molecule has 0 bridgehead atoms. The van der Waals surface area contributed by atoms with Crippen molar-refractivity contribution in [3.05, 3.63) is 35.4 Å². The fourth-order valence-corrected chi connectivity index (χ4v) is 2.25. The van der Waals surface area contributed by atoms with Crippen molar-refractivity contribution < 1.29 is 13.2 Å². The number of halogens is 3. The Morgan fingerprint density at radius 1 is 1.00 bits per heavy atom. The summed E-state index contributed by atoms with van der Waals surface area (Å²) in [6.07, 6.45) is 0.875. The molecule has 0 fully saturated rings. The first-order valence-corrected chi connectivity index (χ1v) is 7.36. The molecule has 4 heteroatoms. The van der Waals surface area contributed by atoms with Crippen molar-refractivity contribution >= 4 is 0 Å². The summed E-state index contributed by atoms with van der Waals surface area (Å²) < 4.78 is 37.4. The minimum atomic E-state index is -4.24. The monoisotopic (exact) mass is 287 g/mol. The molecule has 0 saturated heterocycles. The summed E-state index contributed by atoms with van der Waals surface area (Å²) in [7, 11) is 0. The van der Waals surface area contributed by atoms with E-state index in [0.717, 1.165) is 44.2 Å². The third-order valence-corrected chi connectivity index (χ3v) is 3.38. The molecule has 0 aliphatic carbocycles. The van der Waals surface area contributed by atoms with Gasteiger partial charge in [0.1, 0.15) is 0 Å². The second-order valence-electron chi connectivity index (χ2n) is 5.17. The Morgan fingerprint density at radius 3 is 2.15 bits per heavy atom. The average Bonchev–Trinajstić information content (AvgIpc) is 2.41. The molecule has 1 aromatic rings. The molecule has 0 aromatic heterocycles. The number of alkyl halides is 3. The Hall–Kier alpha value is -1.03. The first kappa shape index (κ1) is 17.0. The second-order valence-corrected chi connectivity index (χ2v) is 5.17. The number of benzene rings is 1. The van der Waals surface area contributed by atoms with Crippen molar-refractivity contribution in [2.75, 3.05) is 6.54 Å². The van der Waals surface area contributed by atoms with Crippen LogP contribution in [0.3, 0.4) is 0 Å². The third kappa shape index (κ3) is 5.95. The van der Waals surface area contributed by atoms with Crippen molar-refractivity contribution in [3.8, 4) is 0 Å². The van der Waals surface area contributed by atoms with Crippen LogP contribution in [0.2, 0.25) is 0 Å². The Balaban J connectivity index is 2.51. The van der Waals surface area contributed by atoms with Gasteiger partial charge in [0, 0.05) is 6.04 Å². The molecule has 0 aliphatic heterocycles. The van der Waals surface area contributed by atoms with Crippen LogP contribution >= 0.6 is 0 Å². The van der Waals surface area contributed by atoms with Crippen LogP contribution in [0.4, 0.5) is 13.2 Å². The molecule has 1 atom stereocenters. The van der Waals surface area contributed by atoms with Crippen LogP contribution in [0.25, 0.3) is 0 Å². The fraction of sp³-hybridized carbons (Fsp3) is 0.625. The Labute approximate surface area is 119 Å². The second kappa shape index (κ2) is 8.30. The van der Waals surface area contributed by atoms with Crippen molar-refractivity contribution in [2.24, 2.45) is 0 Å². The molecule has 1 nitrogen and oxygen atoms in total. The van der Waals surface area contributed by atoms with Gasteiger partial charge >= 0.3 is 6.18 Å². The van der Waals surface area contributed by atoms with Crippen LogP contribution in [0.5, 0.6) is 0 Å². The van der Waals surface area contributed by atoms with E-state index in [-0.39, 0.29) is 0 Å². The van der Waals surface area contributed by atoms with Gasteiger partial charge in [-0.15, -0.1) is 0 Å².